The standard InChI is InChI=1S/C27H22Cl3N5O3S/c1-16(36)33-23-11-12-31-27-21(23)3-2-4-26(27)39(37,38)32-15-20-14-25(17-5-7-18(28)8-6-17)35(34-20)24-10-9-19(29)13-22(24)30/h2-13,25,32H,14-15H2,1H3,(H,31,33,36). The van der Waals surface area contributed by atoms with E-state index in [9.17, 15) is 13.2 Å². The van der Waals surface area contributed by atoms with Gasteiger partial charge >= 0.3 is 0 Å². The molecule has 1 unspecified atom stereocenters. The van der Waals surface area contributed by atoms with Crippen molar-refractivity contribution in [2.45, 2.75) is 24.3 Å². The van der Waals surface area contributed by atoms with Crippen LogP contribution in [0.5, 0.6) is 0 Å². The number of benzene rings is 3. The van der Waals surface area contributed by atoms with Crippen LogP contribution in [0.1, 0.15) is 24.9 Å². The van der Waals surface area contributed by atoms with Crippen LogP contribution in [-0.2, 0) is 14.8 Å². The molecule has 1 aromatic heterocycles. The van der Waals surface area contributed by atoms with Crippen molar-refractivity contribution >= 4 is 78.7 Å². The number of hydrogen-bond donors (Lipinski definition) is 2. The number of pyridine rings is 1. The number of nitrogens with one attached hydrogen (secondary N) is 2. The SMILES string of the molecule is CC(=O)Nc1ccnc2c(S(=O)(=O)NCC3=NN(c4ccc(Cl)cc4Cl)C(c4ccc(Cl)cc4)C3)cccc12. The lowest BCUT2D eigenvalue weighted by molar-refractivity contribution is -0.114. The zero-order chi connectivity index (χ0) is 27.7. The van der Waals surface area contributed by atoms with Crippen LogP contribution in [-0.4, -0.2) is 31.6 Å². The summed E-state index contributed by atoms with van der Waals surface area (Å²) in [7, 11) is -3.99. The van der Waals surface area contributed by atoms with E-state index >= 15 is 0 Å². The molecule has 1 amide bonds. The Morgan fingerprint density at radius 1 is 1.03 bits per heavy atom. The second-order valence-electron chi connectivity index (χ2n) is 8.89. The van der Waals surface area contributed by atoms with Crippen LogP contribution in [0.4, 0.5) is 11.4 Å². The van der Waals surface area contributed by atoms with Crippen molar-refractivity contribution in [1.82, 2.24) is 9.71 Å². The quantitative estimate of drug-likeness (QED) is 0.253. The van der Waals surface area contributed by atoms with Crippen molar-refractivity contribution in [2.75, 3.05) is 16.9 Å². The lowest BCUT2D eigenvalue weighted by atomic mass is 10.0. The number of carbonyl (C=O) groups is 1. The number of amides is 1. The maximum Gasteiger partial charge on any atom is 0.243 e. The van der Waals surface area contributed by atoms with E-state index in [1.165, 1.54) is 19.2 Å². The van der Waals surface area contributed by atoms with E-state index in [1.807, 2.05) is 12.1 Å². The molecule has 2 N–H and O–H groups in total. The molecule has 0 radical (unpaired) electrons. The monoisotopic (exact) mass is 601 g/mol. The molecule has 0 fully saturated rings. The topological polar surface area (TPSA) is 104 Å². The number of anilines is 2. The molecular formula is C27H22Cl3N5O3S. The van der Waals surface area contributed by atoms with Crippen molar-refractivity contribution < 1.29 is 13.2 Å². The normalized spacial score (nSPS) is 15.4. The second-order valence-corrected chi connectivity index (χ2v) is 11.9. The Kier molecular flexibility index (Phi) is 7.80. The first-order valence-corrected chi connectivity index (χ1v) is 14.4. The number of sulfonamides is 1. The Bertz CT molecular complexity index is 1710. The Morgan fingerprint density at radius 2 is 1.77 bits per heavy atom. The summed E-state index contributed by atoms with van der Waals surface area (Å²) in [6, 6.07) is 18.7. The van der Waals surface area contributed by atoms with Crippen LogP contribution in [0.15, 0.2) is 82.9 Å². The van der Waals surface area contributed by atoms with Gasteiger partial charge in [-0.05, 0) is 48.0 Å². The van der Waals surface area contributed by atoms with E-state index in [4.69, 9.17) is 39.9 Å². The molecule has 2 heterocycles. The van der Waals surface area contributed by atoms with Crippen molar-refractivity contribution in [2.24, 2.45) is 5.10 Å². The second kappa shape index (κ2) is 11.1. The van der Waals surface area contributed by atoms with Gasteiger partial charge in [0.15, 0.2) is 0 Å². The van der Waals surface area contributed by atoms with E-state index in [2.05, 4.69) is 15.0 Å². The number of halogens is 3. The zero-order valence-corrected chi connectivity index (χ0v) is 23.6. The fourth-order valence-corrected chi connectivity index (χ4v) is 6.24. The first kappa shape index (κ1) is 27.4. The van der Waals surface area contributed by atoms with Crippen LogP contribution < -0.4 is 15.0 Å². The molecule has 0 bridgehead atoms. The summed E-state index contributed by atoms with van der Waals surface area (Å²) >= 11 is 18.7. The Balaban J connectivity index is 1.44. The summed E-state index contributed by atoms with van der Waals surface area (Å²) in [5.74, 6) is -0.270. The Hall–Kier alpha value is -3.21. The fourth-order valence-electron chi connectivity index (χ4n) is 4.43. The average Bonchev–Trinajstić information content (AvgIpc) is 3.31. The number of para-hydroxylation sites is 1. The lowest BCUT2D eigenvalue weighted by Gasteiger charge is -2.25. The highest BCUT2D eigenvalue weighted by atomic mass is 35.5. The highest BCUT2D eigenvalue weighted by Crippen LogP contribution is 2.40. The van der Waals surface area contributed by atoms with E-state index in [0.29, 0.717) is 44.0 Å². The third-order valence-electron chi connectivity index (χ3n) is 6.19. The molecule has 0 saturated carbocycles. The van der Waals surface area contributed by atoms with Gasteiger partial charge in [0, 0.05) is 35.0 Å². The van der Waals surface area contributed by atoms with Gasteiger partial charge in [0.2, 0.25) is 15.9 Å². The van der Waals surface area contributed by atoms with Crippen molar-refractivity contribution in [3.63, 3.8) is 0 Å². The van der Waals surface area contributed by atoms with Gasteiger partial charge in [0.25, 0.3) is 0 Å². The largest absolute Gasteiger partial charge is 0.326 e. The molecule has 1 atom stereocenters. The number of nitrogens with zero attached hydrogens (tertiary/aromatic N) is 3. The van der Waals surface area contributed by atoms with Gasteiger partial charge in [-0.2, -0.15) is 5.10 Å². The van der Waals surface area contributed by atoms with Crippen LogP contribution in [0.2, 0.25) is 15.1 Å². The summed E-state index contributed by atoms with van der Waals surface area (Å²) < 4.78 is 29.5. The summed E-state index contributed by atoms with van der Waals surface area (Å²) in [6.45, 7) is 1.35. The van der Waals surface area contributed by atoms with E-state index in [0.717, 1.165) is 5.56 Å². The minimum atomic E-state index is -3.99. The van der Waals surface area contributed by atoms with Crippen LogP contribution in [0.3, 0.4) is 0 Å². The molecular weight excluding hydrogens is 581 g/mol. The third kappa shape index (κ3) is 5.88. The van der Waals surface area contributed by atoms with Crippen molar-refractivity contribution in [1.29, 1.82) is 0 Å². The van der Waals surface area contributed by atoms with Crippen LogP contribution >= 0.6 is 34.8 Å². The molecule has 4 aromatic rings. The maximum atomic E-state index is 13.4. The predicted octanol–water partition coefficient (Wildman–Crippen LogP) is 6.44. The highest BCUT2D eigenvalue weighted by molar-refractivity contribution is 7.89. The molecule has 5 rings (SSSR count). The molecule has 0 aliphatic carbocycles. The number of rotatable bonds is 7. The Labute approximate surface area is 240 Å². The number of fused-ring (bicyclic) bond motifs is 1. The molecule has 0 saturated heterocycles. The zero-order valence-electron chi connectivity index (χ0n) is 20.5. The van der Waals surface area contributed by atoms with E-state index < -0.39 is 10.0 Å². The Morgan fingerprint density at radius 3 is 2.49 bits per heavy atom. The van der Waals surface area contributed by atoms with Crippen molar-refractivity contribution in [3.05, 3.63) is 93.6 Å². The van der Waals surface area contributed by atoms with Gasteiger partial charge in [0.05, 0.1) is 40.2 Å². The molecule has 12 heteroatoms. The third-order valence-corrected chi connectivity index (χ3v) is 8.41. The van der Waals surface area contributed by atoms with Gasteiger partial charge in [-0.1, -0.05) is 59.1 Å². The van der Waals surface area contributed by atoms with E-state index in [1.54, 1.807) is 53.5 Å². The van der Waals surface area contributed by atoms with E-state index in [-0.39, 0.29) is 28.9 Å². The fraction of sp³-hybridized carbons (Fsp3) is 0.148. The lowest BCUT2D eigenvalue weighted by Crippen LogP contribution is -2.29. The van der Waals surface area contributed by atoms with Gasteiger partial charge < -0.3 is 5.32 Å². The number of carbonyl (C=O) groups excluding carboxylic acids is 1. The first-order valence-electron chi connectivity index (χ1n) is 11.8. The smallest absolute Gasteiger partial charge is 0.243 e. The van der Waals surface area contributed by atoms with Crippen molar-refractivity contribution in [3.8, 4) is 0 Å². The molecule has 3 aromatic carbocycles. The van der Waals surface area contributed by atoms with Crippen LogP contribution in [0, 0.1) is 0 Å². The molecule has 200 valence electrons. The summed E-state index contributed by atoms with van der Waals surface area (Å²) in [4.78, 5) is 15.9. The molecule has 1 aliphatic rings. The summed E-state index contributed by atoms with van der Waals surface area (Å²) in [5.41, 5.74) is 2.92. The molecule has 1 aliphatic heterocycles. The maximum absolute atomic E-state index is 13.4. The van der Waals surface area contributed by atoms with Gasteiger partial charge in [-0.25, -0.2) is 13.1 Å². The van der Waals surface area contributed by atoms with Crippen LogP contribution in [0.25, 0.3) is 10.9 Å². The van der Waals surface area contributed by atoms with Gasteiger partial charge in [-0.15, -0.1) is 0 Å². The predicted molar refractivity (Wildman–Crippen MR) is 156 cm³/mol. The van der Waals surface area contributed by atoms with Gasteiger partial charge in [0.1, 0.15) is 4.90 Å². The molecule has 8 nitrogen and oxygen atoms in total. The minimum absolute atomic E-state index is 0.00217. The highest BCUT2D eigenvalue weighted by Gasteiger charge is 2.31. The minimum Gasteiger partial charge on any atom is -0.326 e. The first-order chi connectivity index (χ1) is 18.6. The molecule has 39 heavy (non-hydrogen) atoms. The number of hydrazone groups is 1. The summed E-state index contributed by atoms with van der Waals surface area (Å²) in [6.07, 6.45) is 1.90. The van der Waals surface area contributed by atoms with Gasteiger partial charge in [-0.3, -0.25) is 14.8 Å². The molecule has 0 spiro atoms. The summed E-state index contributed by atoms with van der Waals surface area (Å²) in [5, 5.41) is 11.2. The number of aromatic nitrogens is 1. The number of hydrogen-bond acceptors (Lipinski definition) is 6. The average molecular weight is 603 g/mol.